The summed E-state index contributed by atoms with van der Waals surface area (Å²) in [4.78, 5) is 10.2. The van der Waals surface area contributed by atoms with Crippen molar-refractivity contribution in [1.82, 2.24) is 0 Å². The van der Waals surface area contributed by atoms with Crippen LogP contribution in [-0.2, 0) is 11.2 Å². The van der Waals surface area contributed by atoms with E-state index in [0.717, 1.165) is 17.7 Å². The van der Waals surface area contributed by atoms with Gasteiger partial charge in [-0.1, -0.05) is 19.1 Å². The van der Waals surface area contributed by atoms with Crippen molar-refractivity contribution in [2.75, 3.05) is 6.61 Å². The van der Waals surface area contributed by atoms with Gasteiger partial charge in [-0.3, -0.25) is 0 Å². The van der Waals surface area contributed by atoms with E-state index in [1.54, 1.807) is 0 Å². The Bertz CT molecular complexity index is 309. The Morgan fingerprint density at radius 3 is 2.44 bits per heavy atom. The Kier molecular flexibility index (Phi) is 8.35. The Balaban J connectivity index is 0.00000225. The summed E-state index contributed by atoms with van der Waals surface area (Å²) < 4.78 is 5.41. The zero-order valence-corrected chi connectivity index (χ0v) is 11.9. The molecule has 16 heavy (non-hydrogen) atoms. The van der Waals surface area contributed by atoms with Gasteiger partial charge in [0.2, 0.25) is 0 Å². The van der Waals surface area contributed by atoms with E-state index in [-0.39, 0.29) is 36.0 Å². The van der Waals surface area contributed by atoms with Gasteiger partial charge in [-0.2, -0.15) is 0 Å². The summed E-state index contributed by atoms with van der Waals surface area (Å²) >= 11 is 0. The summed E-state index contributed by atoms with van der Waals surface area (Å²) in [5.74, 6) is -0.185. The first-order chi connectivity index (χ1) is 7.22. The van der Waals surface area contributed by atoms with E-state index in [4.69, 9.17) is 4.74 Å². The number of carboxylic acid groups (broad SMARTS) is 1. The number of carboxylic acids is 1. The number of hydrogen-bond acceptors (Lipinski definition) is 3. The van der Waals surface area contributed by atoms with Crippen LogP contribution in [0.4, 0.5) is 0 Å². The Morgan fingerprint density at radius 1 is 1.31 bits per heavy atom. The van der Waals surface area contributed by atoms with E-state index >= 15 is 0 Å². The van der Waals surface area contributed by atoms with Crippen molar-refractivity contribution in [3.63, 3.8) is 0 Å². The molecule has 0 saturated heterocycles. The number of benzene rings is 1. The number of aryl methyl sites for hydroxylation is 1. The summed E-state index contributed by atoms with van der Waals surface area (Å²) in [7, 11) is 0. The number of aliphatic carboxylic acids is 1. The molecule has 82 valence electrons. The van der Waals surface area contributed by atoms with Crippen LogP contribution in [0.5, 0.6) is 5.75 Å². The van der Waals surface area contributed by atoms with E-state index in [1.807, 2.05) is 31.2 Å². The van der Waals surface area contributed by atoms with Crippen LogP contribution in [0.15, 0.2) is 24.3 Å². The first kappa shape index (κ1) is 15.5. The Hall–Kier alpha value is -0.510. The molecule has 0 radical (unpaired) electrons. The molecule has 3 nitrogen and oxygen atoms in total. The van der Waals surface area contributed by atoms with Crippen LogP contribution >= 0.6 is 0 Å². The summed E-state index contributed by atoms with van der Waals surface area (Å²) in [6.07, 6.45) is 1.55. The predicted molar refractivity (Wildman–Crippen MR) is 55.6 cm³/mol. The third kappa shape index (κ3) is 6.16. The van der Waals surface area contributed by atoms with Gasteiger partial charge in [0.05, 0.1) is 6.61 Å². The molecule has 0 unspecified atom stereocenters. The van der Waals surface area contributed by atoms with Crippen LogP contribution in [0.2, 0.25) is 0 Å². The zero-order valence-electron chi connectivity index (χ0n) is 9.86. The molecule has 0 fully saturated rings. The van der Waals surface area contributed by atoms with E-state index < -0.39 is 5.97 Å². The van der Waals surface area contributed by atoms with Crippen molar-refractivity contribution >= 4 is 5.97 Å². The van der Waals surface area contributed by atoms with Gasteiger partial charge < -0.3 is 14.6 Å². The number of ether oxygens (including phenoxy) is 1. The van der Waals surface area contributed by atoms with Crippen LogP contribution in [0.25, 0.3) is 0 Å². The standard InChI is InChI=1S/C12H16O3.Na/c1-2-9-15-11-6-3-10(4-7-11)5-8-12(13)14;/h3-4,6-7H,2,5,8-9H2,1H3,(H,13,14);/q;+1/p-1. The quantitative estimate of drug-likeness (QED) is 0.540. The minimum atomic E-state index is -1.01. The van der Waals surface area contributed by atoms with Crippen molar-refractivity contribution in [2.24, 2.45) is 0 Å². The molecule has 1 aromatic carbocycles. The van der Waals surface area contributed by atoms with Crippen LogP contribution in [0, 0.1) is 0 Å². The van der Waals surface area contributed by atoms with Crippen molar-refractivity contribution in [1.29, 1.82) is 0 Å². The molecule has 0 aliphatic carbocycles. The van der Waals surface area contributed by atoms with Gasteiger partial charge in [0.15, 0.2) is 0 Å². The van der Waals surface area contributed by atoms with Gasteiger partial charge in [-0.15, -0.1) is 0 Å². The molecule has 0 heterocycles. The maximum Gasteiger partial charge on any atom is 1.00 e. The van der Waals surface area contributed by atoms with E-state index in [0.29, 0.717) is 13.0 Å². The van der Waals surface area contributed by atoms with Gasteiger partial charge in [0.25, 0.3) is 0 Å². The molecule has 1 aromatic rings. The maximum atomic E-state index is 10.2. The molecule has 0 aliphatic rings. The normalized spacial score (nSPS) is 9.31. The molecule has 0 amide bonds. The topological polar surface area (TPSA) is 49.4 Å². The van der Waals surface area contributed by atoms with Gasteiger partial charge >= 0.3 is 29.6 Å². The summed E-state index contributed by atoms with van der Waals surface area (Å²) in [5, 5.41) is 10.2. The van der Waals surface area contributed by atoms with Crippen LogP contribution in [0.1, 0.15) is 25.3 Å². The summed E-state index contributed by atoms with van der Waals surface area (Å²) in [6, 6.07) is 7.49. The van der Waals surface area contributed by atoms with Crippen LogP contribution < -0.4 is 39.4 Å². The second-order valence-corrected chi connectivity index (χ2v) is 3.36. The third-order valence-electron chi connectivity index (χ3n) is 2.01. The van der Waals surface area contributed by atoms with E-state index in [1.165, 1.54) is 0 Å². The van der Waals surface area contributed by atoms with E-state index in [9.17, 15) is 9.90 Å². The number of rotatable bonds is 6. The zero-order chi connectivity index (χ0) is 11.1. The van der Waals surface area contributed by atoms with Gasteiger partial charge in [-0.25, -0.2) is 0 Å². The predicted octanol–water partition coefficient (Wildman–Crippen LogP) is -1.84. The second kappa shape index (κ2) is 8.62. The molecular formula is C12H15NaO3. The van der Waals surface area contributed by atoms with E-state index in [2.05, 4.69) is 0 Å². The summed E-state index contributed by atoms with van der Waals surface area (Å²) in [5.41, 5.74) is 0.989. The molecule has 0 aromatic heterocycles. The molecule has 0 bridgehead atoms. The number of carbonyl (C=O) groups excluding carboxylic acids is 1. The first-order valence-corrected chi connectivity index (χ1v) is 5.14. The van der Waals surface area contributed by atoms with Crippen LogP contribution in [-0.4, -0.2) is 12.6 Å². The largest absolute Gasteiger partial charge is 1.00 e. The molecular weight excluding hydrogens is 215 g/mol. The SMILES string of the molecule is CCCOc1ccc(CCC(=O)[O-])cc1.[Na+]. The van der Waals surface area contributed by atoms with Crippen molar-refractivity contribution in [3.8, 4) is 5.75 Å². The van der Waals surface area contributed by atoms with Crippen molar-refractivity contribution in [2.45, 2.75) is 26.2 Å². The Morgan fingerprint density at radius 2 is 1.94 bits per heavy atom. The molecule has 1 rings (SSSR count). The van der Waals surface area contributed by atoms with Gasteiger partial charge in [0.1, 0.15) is 5.75 Å². The van der Waals surface area contributed by atoms with Crippen molar-refractivity contribution in [3.05, 3.63) is 29.8 Å². The fraction of sp³-hybridized carbons (Fsp3) is 0.417. The summed E-state index contributed by atoms with van der Waals surface area (Å²) in [6.45, 7) is 2.76. The average molecular weight is 230 g/mol. The van der Waals surface area contributed by atoms with Crippen molar-refractivity contribution < 1.29 is 44.2 Å². The smallest absolute Gasteiger partial charge is 0.550 e. The second-order valence-electron chi connectivity index (χ2n) is 3.36. The monoisotopic (exact) mass is 230 g/mol. The van der Waals surface area contributed by atoms with Gasteiger partial charge in [0, 0.05) is 5.97 Å². The fourth-order valence-corrected chi connectivity index (χ4v) is 1.22. The average Bonchev–Trinajstić information content (AvgIpc) is 2.25. The fourth-order valence-electron chi connectivity index (χ4n) is 1.22. The minimum absolute atomic E-state index is 0. The molecule has 0 N–H and O–H groups in total. The third-order valence-corrected chi connectivity index (χ3v) is 2.01. The molecule has 4 heteroatoms. The molecule has 0 saturated carbocycles. The van der Waals surface area contributed by atoms with Gasteiger partial charge in [-0.05, 0) is 37.0 Å². The first-order valence-electron chi connectivity index (χ1n) is 5.14. The molecule has 0 aliphatic heterocycles. The van der Waals surface area contributed by atoms with Crippen LogP contribution in [0.3, 0.4) is 0 Å². The maximum absolute atomic E-state index is 10.2. The molecule has 0 atom stereocenters. The molecule has 0 spiro atoms. The minimum Gasteiger partial charge on any atom is -0.550 e. The number of carbonyl (C=O) groups is 1. The number of hydrogen-bond donors (Lipinski definition) is 0. The Labute approximate surface area is 118 Å².